The number of aliphatic hydroxyl groups is 2. The standard InChI is InChI=1S/C25H31N7O5/c1-15(34)18-7-8-19-24(28-25(29-32(18)19)31-9-5-6-16(31)13-33)27-22-12-30(14-26-22)17-10-20(35-2)23(37-4)21(11-17)36-3/h7-8,10-12,14-16,33-34H,5-6,9,13H2,1-4H3,(H,27,28,29). The van der Waals surface area contributed by atoms with E-state index in [4.69, 9.17) is 24.3 Å². The van der Waals surface area contributed by atoms with Crippen LogP contribution in [0.15, 0.2) is 36.8 Å². The molecule has 37 heavy (non-hydrogen) atoms. The fourth-order valence-corrected chi connectivity index (χ4v) is 4.69. The van der Waals surface area contributed by atoms with Gasteiger partial charge < -0.3 is 39.2 Å². The molecule has 1 aliphatic heterocycles. The van der Waals surface area contributed by atoms with Crippen LogP contribution in [0.5, 0.6) is 17.2 Å². The number of rotatable bonds is 9. The smallest absolute Gasteiger partial charge is 0.245 e. The van der Waals surface area contributed by atoms with Gasteiger partial charge in [-0.15, -0.1) is 5.10 Å². The Morgan fingerprint density at radius 2 is 1.89 bits per heavy atom. The van der Waals surface area contributed by atoms with Gasteiger partial charge in [-0.2, -0.15) is 4.98 Å². The Labute approximate surface area is 214 Å². The highest BCUT2D eigenvalue weighted by atomic mass is 16.5. The van der Waals surface area contributed by atoms with Crippen molar-refractivity contribution >= 4 is 23.1 Å². The highest BCUT2D eigenvalue weighted by Crippen LogP contribution is 2.39. The highest BCUT2D eigenvalue weighted by molar-refractivity contribution is 5.74. The summed E-state index contributed by atoms with van der Waals surface area (Å²) < 4.78 is 19.9. The van der Waals surface area contributed by atoms with E-state index in [2.05, 4.69) is 10.3 Å². The first-order valence-electron chi connectivity index (χ1n) is 12.0. The summed E-state index contributed by atoms with van der Waals surface area (Å²) in [5.41, 5.74) is 2.11. The number of imidazole rings is 1. The Bertz CT molecular complexity index is 1370. The van der Waals surface area contributed by atoms with Crippen molar-refractivity contribution in [3.8, 4) is 22.9 Å². The van der Waals surface area contributed by atoms with E-state index in [0.29, 0.717) is 46.0 Å². The predicted molar refractivity (Wildman–Crippen MR) is 138 cm³/mol. The van der Waals surface area contributed by atoms with Gasteiger partial charge in [0.1, 0.15) is 17.7 Å². The maximum Gasteiger partial charge on any atom is 0.245 e. The molecule has 12 nitrogen and oxygen atoms in total. The Hall–Kier alpha value is -4.03. The molecule has 4 heterocycles. The van der Waals surface area contributed by atoms with Crippen molar-refractivity contribution < 1.29 is 24.4 Å². The highest BCUT2D eigenvalue weighted by Gasteiger charge is 2.28. The molecule has 3 N–H and O–H groups in total. The average Bonchev–Trinajstić information content (AvgIpc) is 3.67. The van der Waals surface area contributed by atoms with Gasteiger partial charge >= 0.3 is 0 Å². The van der Waals surface area contributed by atoms with Crippen LogP contribution < -0.4 is 24.4 Å². The van der Waals surface area contributed by atoms with E-state index in [1.807, 2.05) is 39.9 Å². The quantitative estimate of drug-likeness (QED) is 0.309. The van der Waals surface area contributed by atoms with E-state index in [0.717, 1.165) is 25.1 Å². The number of hydrogen-bond acceptors (Lipinski definition) is 10. The number of methoxy groups -OCH3 is 3. The average molecular weight is 510 g/mol. The van der Waals surface area contributed by atoms with Crippen LogP contribution in [0.25, 0.3) is 11.2 Å². The Morgan fingerprint density at radius 1 is 1.14 bits per heavy atom. The molecule has 196 valence electrons. The van der Waals surface area contributed by atoms with E-state index in [1.54, 1.807) is 39.1 Å². The summed E-state index contributed by atoms with van der Waals surface area (Å²) in [6, 6.07) is 7.30. The minimum absolute atomic E-state index is 0.0261. The molecular weight excluding hydrogens is 478 g/mol. The van der Waals surface area contributed by atoms with Crippen molar-refractivity contribution in [1.29, 1.82) is 0 Å². The second kappa shape index (κ2) is 10.1. The van der Waals surface area contributed by atoms with Gasteiger partial charge in [0.15, 0.2) is 17.3 Å². The Kier molecular flexibility index (Phi) is 6.76. The summed E-state index contributed by atoms with van der Waals surface area (Å²) >= 11 is 0. The Morgan fingerprint density at radius 3 is 2.54 bits per heavy atom. The molecule has 1 fully saturated rings. The molecule has 1 aliphatic rings. The SMILES string of the molecule is COc1cc(-n2cnc(Nc3nc(N4CCCC4CO)nn4c(C(C)O)ccc34)c2)cc(OC)c1OC. The van der Waals surface area contributed by atoms with Gasteiger partial charge in [0, 0.05) is 18.7 Å². The number of aromatic nitrogens is 5. The molecule has 4 aromatic rings. The number of ether oxygens (including phenoxy) is 3. The van der Waals surface area contributed by atoms with Crippen LogP contribution >= 0.6 is 0 Å². The minimum atomic E-state index is -0.718. The predicted octanol–water partition coefficient (Wildman–Crippen LogP) is 2.70. The molecule has 2 unspecified atom stereocenters. The first-order valence-corrected chi connectivity index (χ1v) is 12.0. The number of fused-ring (bicyclic) bond motifs is 1. The lowest BCUT2D eigenvalue weighted by atomic mass is 10.2. The third-order valence-electron chi connectivity index (χ3n) is 6.58. The van der Waals surface area contributed by atoms with Gasteiger partial charge in [-0.25, -0.2) is 9.50 Å². The molecule has 0 spiro atoms. The van der Waals surface area contributed by atoms with Crippen molar-refractivity contribution in [2.75, 3.05) is 44.7 Å². The first-order chi connectivity index (χ1) is 18.0. The summed E-state index contributed by atoms with van der Waals surface area (Å²) in [7, 11) is 4.70. The second-order valence-electron chi connectivity index (χ2n) is 8.84. The summed E-state index contributed by atoms with van der Waals surface area (Å²) in [6.07, 6.45) is 4.59. The molecule has 3 aromatic heterocycles. The molecule has 0 aliphatic carbocycles. The summed E-state index contributed by atoms with van der Waals surface area (Å²) in [4.78, 5) is 11.3. The molecule has 1 aromatic carbocycles. The molecule has 0 saturated carbocycles. The van der Waals surface area contributed by atoms with Crippen LogP contribution in [0.3, 0.4) is 0 Å². The van der Waals surface area contributed by atoms with Crippen LogP contribution in [-0.4, -0.2) is 74.9 Å². The largest absolute Gasteiger partial charge is 0.493 e. The van der Waals surface area contributed by atoms with Crippen LogP contribution in [0, 0.1) is 0 Å². The van der Waals surface area contributed by atoms with Gasteiger partial charge in [0.2, 0.25) is 11.7 Å². The number of aliphatic hydroxyl groups excluding tert-OH is 2. The van der Waals surface area contributed by atoms with E-state index in [9.17, 15) is 10.2 Å². The van der Waals surface area contributed by atoms with Crippen LogP contribution in [0.4, 0.5) is 17.6 Å². The topological polar surface area (TPSA) is 131 Å². The lowest BCUT2D eigenvalue weighted by molar-refractivity contribution is 0.192. The van der Waals surface area contributed by atoms with E-state index >= 15 is 0 Å². The van der Waals surface area contributed by atoms with E-state index in [1.165, 1.54) is 0 Å². The number of hydrogen-bond donors (Lipinski definition) is 3. The molecule has 0 amide bonds. The summed E-state index contributed by atoms with van der Waals surface area (Å²) in [5.74, 6) is 3.15. The zero-order valence-electron chi connectivity index (χ0n) is 21.2. The van der Waals surface area contributed by atoms with Crippen molar-refractivity contribution in [3.05, 3.63) is 42.5 Å². The number of nitrogens with one attached hydrogen (secondary N) is 1. The zero-order chi connectivity index (χ0) is 26.1. The molecule has 1 saturated heterocycles. The third kappa shape index (κ3) is 4.49. The number of benzene rings is 1. The maximum absolute atomic E-state index is 10.3. The minimum Gasteiger partial charge on any atom is -0.493 e. The van der Waals surface area contributed by atoms with Crippen LogP contribution in [0.2, 0.25) is 0 Å². The van der Waals surface area contributed by atoms with Crippen molar-refractivity contribution in [2.24, 2.45) is 0 Å². The monoisotopic (exact) mass is 509 g/mol. The lowest BCUT2D eigenvalue weighted by Gasteiger charge is -2.23. The van der Waals surface area contributed by atoms with Gasteiger partial charge in [-0.05, 0) is 31.9 Å². The molecule has 5 rings (SSSR count). The summed E-state index contributed by atoms with van der Waals surface area (Å²) in [6.45, 7) is 2.47. The lowest BCUT2D eigenvalue weighted by Crippen LogP contribution is -2.34. The number of anilines is 3. The van der Waals surface area contributed by atoms with Gasteiger partial charge in [0.25, 0.3) is 0 Å². The fourth-order valence-electron chi connectivity index (χ4n) is 4.69. The van der Waals surface area contributed by atoms with Crippen molar-refractivity contribution in [3.63, 3.8) is 0 Å². The first kappa shape index (κ1) is 24.7. The zero-order valence-corrected chi connectivity index (χ0v) is 21.2. The number of nitrogens with zero attached hydrogens (tertiary/aromatic N) is 6. The molecular formula is C25H31N7O5. The van der Waals surface area contributed by atoms with Crippen molar-refractivity contribution in [2.45, 2.75) is 31.9 Å². The van der Waals surface area contributed by atoms with Gasteiger partial charge in [-0.1, -0.05) is 0 Å². The molecule has 0 bridgehead atoms. The van der Waals surface area contributed by atoms with E-state index in [-0.39, 0.29) is 12.6 Å². The summed E-state index contributed by atoms with van der Waals surface area (Å²) in [5, 5.41) is 28.1. The van der Waals surface area contributed by atoms with Gasteiger partial charge in [0.05, 0.1) is 57.7 Å². The molecule has 2 atom stereocenters. The van der Waals surface area contributed by atoms with E-state index < -0.39 is 6.10 Å². The van der Waals surface area contributed by atoms with Crippen molar-refractivity contribution in [1.82, 2.24) is 24.1 Å². The second-order valence-corrected chi connectivity index (χ2v) is 8.84. The maximum atomic E-state index is 10.3. The fraction of sp³-hybridized carbons (Fsp3) is 0.400. The van der Waals surface area contributed by atoms with Gasteiger partial charge in [-0.3, -0.25) is 0 Å². The Balaban J connectivity index is 1.53. The molecule has 12 heteroatoms. The van der Waals surface area contributed by atoms with Crippen LogP contribution in [0.1, 0.15) is 31.6 Å². The molecule has 0 radical (unpaired) electrons. The normalized spacial score (nSPS) is 16.3. The third-order valence-corrected chi connectivity index (χ3v) is 6.58. The van der Waals surface area contributed by atoms with Crippen LogP contribution in [-0.2, 0) is 0 Å².